The van der Waals surface area contributed by atoms with Crippen LogP contribution in [-0.2, 0) is 11.2 Å². The standard InChI is InChI=1S/C22H25ClN4O4/c1-30-19-12-18-16(11-20(19)31-9-3-5-21(28)29)22(26-13-25-18)27-17-10-15(23)7-6-14(17)4-2-8-24/h6-7,10-13H,2-5,8-9,24H2,1H3,(H,28,29)(H,25,26,27). The quantitative estimate of drug-likeness (QED) is 0.377. The predicted molar refractivity (Wildman–Crippen MR) is 121 cm³/mol. The van der Waals surface area contributed by atoms with Gasteiger partial charge in [0, 0.05) is 28.6 Å². The molecule has 3 rings (SSSR count). The molecule has 0 saturated heterocycles. The van der Waals surface area contributed by atoms with Gasteiger partial charge in [0.2, 0.25) is 0 Å². The smallest absolute Gasteiger partial charge is 0.303 e. The van der Waals surface area contributed by atoms with E-state index < -0.39 is 5.97 Å². The average Bonchev–Trinajstić information content (AvgIpc) is 2.76. The number of nitrogens with zero attached hydrogens (tertiary/aromatic N) is 2. The van der Waals surface area contributed by atoms with Gasteiger partial charge in [0.05, 0.1) is 19.2 Å². The molecule has 0 saturated carbocycles. The third-order valence-corrected chi connectivity index (χ3v) is 4.92. The van der Waals surface area contributed by atoms with E-state index in [0.29, 0.717) is 40.8 Å². The first kappa shape index (κ1) is 22.6. The second kappa shape index (κ2) is 10.8. The third kappa shape index (κ3) is 5.96. The number of aromatic nitrogens is 2. The van der Waals surface area contributed by atoms with E-state index in [4.69, 9.17) is 31.9 Å². The van der Waals surface area contributed by atoms with Crippen molar-refractivity contribution in [3.8, 4) is 11.5 Å². The van der Waals surface area contributed by atoms with E-state index >= 15 is 0 Å². The molecule has 8 nitrogen and oxygen atoms in total. The van der Waals surface area contributed by atoms with Crippen LogP contribution in [0.25, 0.3) is 10.9 Å². The number of aryl methyl sites for hydroxylation is 1. The van der Waals surface area contributed by atoms with E-state index in [1.54, 1.807) is 19.2 Å². The molecular formula is C22H25ClN4O4. The summed E-state index contributed by atoms with van der Waals surface area (Å²) in [6.07, 6.45) is 3.56. The number of halogens is 1. The summed E-state index contributed by atoms with van der Waals surface area (Å²) in [5.74, 6) is 0.742. The number of anilines is 2. The van der Waals surface area contributed by atoms with Crippen LogP contribution in [0, 0.1) is 0 Å². The van der Waals surface area contributed by atoms with Crippen molar-refractivity contribution < 1.29 is 19.4 Å². The molecule has 1 aromatic heterocycles. The van der Waals surface area contributed by atoms with Gasteiger partial charge in [0.25, 0.3) is 0 Å². The maximum atomic E-state index is 10.7. The lowest BCUT2D eigenvalue weighted by molar-refractivity contribution is -0.137. The van der Waals surface area contributed by atoms with Gasteiger partial charge >= 0.3 is 5.97 Å². The molecule has 31 heavy (non-hydrogen) atoms. The minimum Gasteiger partial charge on any atom is -0.493 e. The van der Waals surface area contributed by atoms with Gasteiger partial charge in [-0.2, -0.15) is 0 Å². The van der Waals surface area contributed by atoms with Gasteiger partial charge in [0.15, 0.2) is 11.5 Å². The Morgan fingerprint density at radius 1 is 1.19 bits per heavy atom. The van der Waals surface area contributed by atoms with Gasteiger partial charge in [-0.1, -0.05) is 17.7 Å². The molecule has 9 heteroatoms. The Morgan fingerprint density at radius 3 is 2.77 bits per heavy atom. The summed E-state index contributed by atoms with van der Waals surface area (Å²) < 4.78 is 11.2. The lowest BCUT2D eigenvalue weighted by Crippen LogP contribution is -2.05. The Kier molecular flexibility index (Phi) is 7.86. The third-order valence-electron chi connectivity index (χ3n) is 4.69. The molecule has 0 aliphatic rings. The lowest BCUT2D eigenvalue weighted by Gasteiger charge is -2.15. The normalized spacial score (nSPS) is 10.8. The van der Waals surface area contributed by atoms with Crippen molar-refractivity contribution in [1.29, 1.82) is 0 Å². The molecule has 164 valence electrons. The Hall–Kier alpha value is -3.10. The van der Waals surface area contributed by atoms with E-state index in [0.717, 1.165) is 29.5 Å². The summed E-state index contributed by atoms with van der Waals surface area (Å²) in [7, 11) is 1.54. The molecule has 0 aliphatic carbocycles. The Balaban J connectivity index is 1.93. The van der Waals surface area contributed by atoms with Crippen LogP contribution in [0.4, 0.5) is 11.5 Å². The fourth-order valence-corrected chi connectivity index (χ4v) is 3.32. The summed E-state index contributed by atoms with van der Waals surface area (Å²) in [5, 5.41) is 13.5. The summed E-state index contributed by atoms with van der Waals surface area (Å²) in [6.45, 7) is 0.850. The van der Waals surface area contributed by atoms with Gasteiger partial charge in [-0.25, -0.2) is 9.97 Å². The van der Waals surface area contributed by atoms with E-state index in [1.807, 2.05) is 18.2 Å². The van der Waals surface area contributed by atoms with E-state index in [9.17, 15) is 4.79 Å². The molecule has 3 aromatic rings. The highest BCUT2D eigenvalue weighted by atomic mass is 35.5. The number of ether oxygens (including phenoxy) is 2. The number of hydrogen-bond donors (Lipinski definition) is 3. The Morgan fingerprint density at radius 2 is 2.03 bits per heavy atom. The number of hydrogen-bond acceptors (Lipinski definition) is 7. The first-order chi connectivity index (χ1) is 15.0. The maximum Gasteiger partial charge on any atom is 0.303 e. The number of fused-ring (bicyclic) bond motifs is 1. The van der Waals surface area contributed by atoms with Gasteiger partial charge in [-0.05, 0) is 49.6 Å². The Bertz CT molecular complexity index is 1060. The summed E-state index contributed by atoms with van der Waals surface area (Å²) in [6, 6.07) is 9.24. The van der Waals surface area contributed by atoms with Gasteiger partial charge < -0.3 is 25.6 Å². The highest BCUT2D eigenvalue weighted by Gasteiger charge is 2.13. The van der Waals surface area contributed by atoms with Crippen LogP contribution in [0.1, 0.15) is 24.8 Å². The minimum atomic E-state index is -0.860. The van der Waals surface area contributed by atoms with Gasteiger partial charge in [-0.3, -0.25) is 4.79 Å². The minimum absolute atomic E-state index is 0.0339. The molecule has 0 spiro atoms. The number of benzene rings is 2. The zero-order valence-electron chi connectivity index (χ0n) is 17.2. The molecule has 0 amide bonds. The van der Waals surface area contributed by atoms with Crippen molar-refractivity contribution in [3.63, 3.8) is 0 Å². The van der Waals surface area contributed by atoms with Crippen molar-refractivity contribution in [1.82, 2.24) is 9.97 Å². The molecule has 0 bridgehead atoms. The first-order valence-electron chi connectivity index (χ1n) is 9.94. The molecule has 1 heterocycles. The van der Waals surface area contributed by atoms with Crippen LogP contribution in [0.15, 0.2) is 36.7 Å². The van der Waals surface area contributed by atoms with Crippen LogP contribution in [0.3, 0.4) is 0 Å². The van der Waals surface area contributed by atoms with Gasteiger partial charge in [-0.15, -0.1) is 0 Å². The zero-order chi connectivity index (χ0) is 22.2. The van der Waals surface area contributed by atoms with Crippen LogP contribution >= 0.6 is 11.6 Å². The number of rotatable bonds is 11. The highest BCUT2D eigenvalue weighted by Crippen LogP contribution is 2.35. The molecule has 0 atom stereocenters. The highest BCUT2D eigenvalue weighted by molar-refractivity contribution is 6.30. The monoisotopic (exact) mass is 444 g/mol. The second-order valence-electron chi connectivity index (χ2n) is 6.91. The molecule has 0 aliphatic heterocycles. The summed E-state index contributed by atoms with van der Waals surface area (Å²) in [4.78, 5) is 19.5. The molecule has 0 unspecified atom stereocenters. The van der Waals surface area contributed by atoms with Crippen LogP contribution in [0.5, 0.6) is 11.5 Å². The predicted octanol–water partition coefficient (Wildman–Crippen LogP) is 4.17. The summed E-state index contributed by atoms with van der Waals surface area (Å²) >= 11 is 6.22. The number of carbonyl (C=O) groups is 1. The number of nitrogens with one attached hydrogen (secondary N) is 1. The number of nitrogens with two attached hydrogens (primary N) is 1. The van der Waals surface area contributed by atoms with Crippen molar-refractivity contribution in [2.75, 3.05) is 25.6 Å². The molecular weight excluding hydrogens is 420 g/mol. The largest absolute Gasteiger partial charge is 0.493 e. The number of carboxylic acid groups (broad SMARTS) is 1. The number of aliphatic carboxylic acids is 1. The van der Waals surface area contributed by atoms with E-state index in [-0.39, 0.29) is 13.0 Å². The maximum absolute atomic E-state index is 10.7. The van der Waals surface area contributed by atoms with Crippen molar-refractivity contribution in [2.24, 2.45) is 5.73 Å². The van der Waals surface area contributed by atoms with Crippen LogP contribution in [0.2, 0.25) is 5.02 Å². The van der Waals surface area contributed by atoms with Crippen LogP contribution < -0.4 is 20.5 Å². The fraction of sp³-hybridized carbons (Fsp3) is 0.318. The topological polar surface area (TPSA) is 120 Å². The molecule has 0 fully saturated rings. The number of methoxy groups -OCH3 is 1. The second-order valence-corrected chi connectivity index (χ2v) is 7.34. The van der Waals surface area contributed by atoms with Crippen molar-refractivity contribution in [2.45, 2.75) is 25.7 Å². The average molecular weight is 445 g/mol. The van der Waals surface area contributed by atoms with E-state index in [1.165, 1.54) is 6.33 Å². The first-order valence-corrected chi connectivity index (χ1v) is 10.3. The fourth-order valence-electron chi connectivity index (χ4n) is 3.14. The Labute approximate surface area is 185 Å². The zero-order valence-corrected chi connectivity index (χ0v) is 18.0. The molecule has 2 aromatic carbocycles. The SMILES string of the molecule is COc1cc2ncnc(Nc3cc(Cl)ccc3CCCN)c2cc1OCCCC(=O)O. The van der Waals surface area contributed by atoms with Crippen LogP contribution in [-0.4, -0.2) is 41.3 Å². The van der Waals surface area contributed by atoms with E-state index in [2.05, 4.69) is 15.3 Å². The van der Waals surface area contributed by atoms with Crippen molar-refractivity contribution >= 4 is 40.0 Å². The summed E-state index contributed by atoms with van der Waals surface area (Å²) in [5.41, 5.74) is 8.28. The lowest BCUT2D eigenvalue weighted by atomic mass is 10.1. The molecule has 0 radical (unpaired) electrons. The number of carboxylic acids is 1. The van der Waals surface area contributed by atoms with Crippen molar-refractivity contribution in [3.05, 3.63) is 47.2 Å². The van der Waals surface area contributed by atoms with Gasteiger partial charge in [0.1, 0.15) is 12.1 Å². The molecule has 4 N–H and O–H groups in total.